The molecule has 7 rings (SSSR count). The van der Waals surface area contributed by atoms with Crippen LogP contribution in [0.3, 0.4) is 0 Å². The SMILES string of the molecule is CC(C)Cn1c2ccc(N3CCNC3=O)cc2c2c3c(c4c(c21)CCc1nn(C)cc1-4)C(=O)NC3. The minimum absolute atomic E-state index is 0.00492. The first-order valence-electron chi connectivity index (χ1n) is 12.4. The Morgan fingerprint density at radius 1 is 1.09 bits per heavy atom. The predicted molar refractivity (Wildman–Crippen MR) is 136 cm³/mol. The van der Waals surface area contributed by atoms with E-state index in [1.54, 1.807) is 4.90 Å². The molecule has 2 aromatic carbocycles. The van der Waals surface area contributed by atoms with Crippen LogP contribution in [0.2, 0.25) is 0 Å². The zero-order valence-corrected chi connectivity index (χ0v) is 20.2. The quantitative estimate of drug-likeness (QED) is 0.481. The number of aryl methyl sites for hydroxylation is 3. The van der Waals surface area contributed by atoms with Crippen LogP contribution in [0, 0.1) is 5.92 Å². The lowest BCUT2D eigenvalue weighted by Crippen LogP contribution is -2.27. The highest BCUT2D eigenvalue weighted by molar-refractivity contribution is 6.20. The van der Waals surface area contributed by atoms with Crippen LogP contribution in [-0.4, -0.2) is 39.4 Å². The number of hydrogen-bond acceptors (Lipinski definition) is 3. The summed E-state index contributed by atoms with van der Waals surface area (Å²) in [5.41, 5.74) is 9.60. The summed E-state index contributed by atoms with van der Waals surface area (Å²) in [6.45, 7) is 7.20. The summed E-state index contributed by atoms with van der Waals surface area (Å²) in [6.07, 6.45) is 3.78. The Kier molecular flexibility index (Phi) is 4.17. The van der Waals surface area contributed by atoms with Crippen LogP contribution in [0.15, 0.2) is 24.4 Å². The fourth-order valence-corrected chi connectivity index (χ4v) is 6.34. The van der Waals surface area contributed by atoms with Gasteiger partial charge in [0.25, 0.3) is 5.91 Å². The number of amides is 3. The molecule has 4 aromatic rings. The Morgan fingerprint density at radius 3 is 2.71 bits per heavy atom. The molecule has 2 N–H and O–H groups in total. The monoisotopic (exact) mass is 468 g/mol. The number of carbonyl (C=O) groups is 2. The highest BCUT2D eigenvalue weighted by Crippen LogP contribution is 2.47. The second-order valence-electron chi connectivity index (χ2n) is 10.4. The Morgan fingerprint density at radius 2 is 1.94 bits per heavy atom. The third kappa shape index (κ3) is 2.76. The Balaban J connectivity index is 1.62. The summed E-state index contributed by atoms with van der Waals surface area (Å²) in [5.74, 6) is 0.453. The van der Waals surface area contributed by atoms with Crippen molar-refractivity contribution in [3.63, 3.8) is 0 Å². The molecule has 8 nitrogen and oxygen atoms in total. The van der Waals surface area contributed by atoms with Crippen molar-refractivity contribution in [1.29, 1.82) is 0 Å². The van der Waals surface area contributed by atoms with Crippen LogP contribution < -0.4 is 15.5 Å². The van der Waals surface area contributed by atoms with E-state index in [2.05, 4.69) is 53.4 Å². The van der Waals surface area contributed by atoms with Crippen LogP contribution in [0.5, 0.6) is 0 Å². The van der Waals surface area contributed by atoms with Crippen molar-refractivity contribution in [2.75, 3.05) is 18.0 Å². The maximum Gasteiger partial charge on any atom is 0.321 e. The molecule has 0 spiro atoms. The summed E-state index contributed by atoms with van der Waals surface area (Å²) in [6, 6.07) is 6.30. The van der Waals surface area contributed by atoms with Crippen molar-refractivity contribution in [1.82, 2.24) is 25.0 Å². The third-order valence-electron chi connectivity index (χ3n) is 7.64. The fourth-order valence-electron chi connectivity index (χ4n) is 6.34. The maximum atomic E-state index is 13.2. The molecule has 2 aromatic heterocycles. The van der Waals surface area contributed by atoms with Gasteiger partial charge in [0.05, 0.1) is 16.8 Å². The summed E-state index contributed by atoms with van der Waals surface area (Å²) in [7, 11) is 1.95. The van der Waals surface area contributed by atoms with E-state index >= 15 is 0 Å². The molecular formula is C27H28N6O2. The van der Waals surface area contributed by atoms with Gasteiger partial charge in [-0.2, -0.15) is 5.10 Å². The summed E-state index contributed by atoms with van der Waals surface area (Å²) in [4.78, 5) is 27.4. The van der Waals surface area contributed by atoms with Crippen molar-refractivity contribution in [2.45, 2.75) is 39.8 Å². The molecule has 1 fully saturated rings. The molecule has 178 valence electrons. The van der Waals surface area contributed by atoms with E-state index < -0.39 is 0 Å². The molecule has 3 amide bonds. The first kappa shape index (κ1) is 20.6. The highest BCUT2D eigenvalue weighted by Gasteiger charge is 2.35. The van der Waals surface area contributed by atoms with Crippen molar-refractivity contribution in [2.24, 2.45) is 13.0 Å². The Labute approximate surface area is 202 Å². The number of benzene rings is 2. The number of carbonyl (C=O) groups excluding carboxylic acids is 2. The van der Waals surface area contributed by atoms with Gasteiger partial charge in [0, 0.05) is 72.5 Å². The molecule has 0 atom stereocenters. The molecule has 8 heteroatoms. The number of aromatic nitrogens is 3. The van der Waals surface area contributed by atoms with Gasteiger partial charge in [-0.15, -0.1) is 0 Å². The fraction of sp³-hybridized carbons (Fsp3) is 0.370. The number of fused-ring (bicyclic) bond motifs is 10. The van der Waals surface area contributed by atoms with Gasteiger partial charge in [0.1, 0.15) is 0 Å². The zero-order valence-electron chi connectivity index (χ0n) is 20.2. The van der Waals surface area contributed by atoms with Gasteiger partial charge in [-0.05, 0) is 48.1 Å². The second kappa shape index (κ2) is 7.10. The molecule has 0 unspecified atom stereocenters. The third-order valence-corrected chi connectivity index (χ3v) is 7.64. The first-order chi connectivity index (χ1) is 16.9. The van der Waals surface area contributed by atoms with Crippen LogP contribution in [0.4, 0.5) is 10.5 Å². The largest absolute Gasteiger partial charge is 0.348 e. The summed E-state index contributed by atoms with van der Waals surface area (Å²) < 4.78 is 4.31. The molecule has 4 heterocycles. The minimum atomic E-state index is -0.0566. The predicted octanol–water partition coefficient (Wildman–Crippen LogP) is 3.72. The van der Waals surface area contributed by atoms with E-state index in [9.17, 15) is 9.59 Å². The normalized spacial score (nSPS) is 16.7. The standard InChI is InChI=1S/C27H28N6O2/c1-14(2)12-33-21-7-4-15(32-9-8-28-27(32)35)10-17(21)23-18-11-29-26(34)24(18)22-16(25(23)33)5-6-20-19(22)13-31(3)30-20/h4,7,10,13-14H,5-6,8-9,11-12H2,1-3H3,(H,28,35)(H,29,34). The highest BCUT2D eigenvalue weighted by atomic mass is 16.2. The second-order valence-corrected chi connectivity index (χ2v) is 10.4. The average Bonchev–Trinajstić information content (AvgIpc) is 3.58. The number of hydrogen-bond donors (Lipinski definition) is 2. The molecule has 3 aliphatic rings. The molecular weight excluding hydrogens is 440 g/mol. The van der Waals surface area contributed by atoms with E-state index in [1.807, 2.05) is 11.7 Å². The van der Waals surface area contributed by atoms with Crippen LogP contribution in [0.1, 0.15) is 41.0 Å². The van der Waals surface area contributed by atoms with Gasteiger partial charge < -0.3 is 15.2 Å². The van der Waals surface area contributed by atoms with E-state index in [-0.39, 0.29) is 11.9 Å². The molecule has 1 saturated heterocycles. The minimum Gasteiger partial charge on any atom is -0.348 e. The van der Waals surface area contributed by atoms with Gasteiger partial charge in [0.15, 0.2) is 0 Å². The first-order valence-corrected chi connectivity index (χ1v) is 12.4. The van der Waals surface area contributed by atoms with Gasteiger partial charge in [-0.1, -0.05) is 13.8 Å². The zero-order chi connectivity index (χ0) is 24.0. The van der Waals surface area contributed by atoms with Gasteiger partial charge >= 0.3 is 6.03 Å². The van der Waals surface area contributed by atoms with Gasteiger partial charge in [-0.3, -0.25) is 14.4 Å². The molecule has 0 radical (unpaired) electrons. The molecule has 35 heavy (non-hydrogen) atoms. The summed E-state index contributed by atoms with van der Waals surface area (Å²) in [5, 5.41) is 13.0. The lowest BCUT2D eigenvalue weighted by atomic mass is 9.82. The summed E-state index contributed by atoms with van der Waals surface area (Å²) >= 11 is 0. The average molecular weight is 469 g/mol. The van der Waals surface area contributed by atoms with Crippen LogP contribution in [-0.2, 0) is 33.0 Å². The van der Waals surface area contributed by atoms with Gasteiger partial charge in [0.2, 0.25) is 0 Å². The van der Waals surface area contributed by atoms with Crippen molar-refractivity contribution < 1.29 is 9.59 Å². The van der Waals surface area contributed by atoms with E-state index in [0.29, 0.717) is 25.6 Å². The lowest BCUT2D eigenvalue weighted by molar-refractivity contribution is 0.0966. The van der Waals surface area contributed by atoms with Crippen molar-refractivity contribution in [3.8, 4) is 11.1 Å². The van der Waals surface area contributed by atoms with Crippen LogP contribution >= 0.6 is 0 Å². The number of nitrogens with one attached hydrogen (secondary N) is 2. The van der Waals surface area contributed by atoms with E-state index in [0.717, 1.165) is 69.3 Å². The Hall–Kier alpha value is -3.81. The lowest BCUT2D eigenvalue weighted by Gasteiger charge is -2.22. The van der Waals surface area contributed by atoms with Crippen molar-refractivity contribution >= 4 is 39.4 Å². The molecule has 2 aliphatic heterocycles. The maximum absolute atomic E-state index is 13.2. The van der Waals surface area contributed by atoms with E-state index in [4.69, 9.17) is 5.10 Å². The van der Waals surface area contributed by atoms with Gasteiger partial charge in [-0.25, -0.2) is 4.79 Å². The smallest absolute Gasteiger partial charge is 0.321 e. The number of urea groups is 1. The Bertz CT molecular complexity index is 1590. The number of nitrogens with zero attached hydrogens (tertiary/aromatic N) is 4. The molecule has 1 aliphatic carbocycles. The topological polar surface area (TPSA) is 84.2 Å². The number of rotatable bonds is 3. The molecule has 0 bridgehead atoms. The number of anilines is 1. The molecule has 0 saturated carbocycles. The van der Waals surface area contributed by atoms with Crippen LogP contribution in [0.25, 0.3) is 32.9 Å². The van der Waals surface area contributed by atoms with Crippen molar-refractivity contribution in [3.05, 3.63) is 46.8 Å². The van der Waals surface area contributed by atoms with E-state index in [1.165, 1.54) is 11.1 Å².